The number of hydrogen-bond acceptors (Lipinski definition) is 3. The van der Waals surface area contributed by atoms with Crippen LogP contribution in [-0.4, -0.2) is 31.5 Å². The normalized spacial score (nSPS) is 11.3. The van der Waals surface area contributed by atoms with Crippen LogP contribution >= 0.6 is 0 Å². The van der Waals surface area contributed by atoms with E-state index in [1.165, 1.54) is 205 Å². The Labute approximate surface area is 355 Å². The third-order valence-electron chi connectivity index (χ3n) is 11.9. The molecule has 0 aliphatic carbocycles. The molecule has 0 fully saturated rings. The Balaban J connectivity index is 2.41. The number of ether oxygens (including phenoxy) is 1. The van der Waals surface area contributed by atoms with Gasteiger partial charge in [-0.25, -0.2) is 0 Å². The molecule has 2 N–H and O–H groups in total. The van der Waals surface area contributed by atoms with Gasteiger partial charge >= 0.3 is 0 Å². The fourth-order valence-corrected chi connectivity index (χ4v) is 7.98. The molecule has 332 valence electrons. The Morgan fingerprint density at radius 1 is 0.386 bits per heavy atom. The monoisotopic (exact) mass is 797 g/mol. The van der Waals surface area contributed by atoms with Gasteiger partial charge in [0.15, 0.2) is 0 Å². The van der Waals surface area contributed by atoms with Gasteiger partial charge in [0.1, 0.15) is 5.75 Å². The van der Waals surface area contributed by atoms with Crippen molar-refractivity contribution in [3.8, 4) is 5.75 Å². The first kappa shape index (κ1) is 53.0. The molecular formula is C52H96N2O3. The number of amides is 2. The molecule has 0 unspecified atom stereocenters. The summed E-state index contributed by atoms with van der Waals surface area (Å²) in [5.41, 5.74) is 1.11. The van der Waals surface area contributed by atoms with Crippen LogP contribution in [0.1, 0.15) is 285 Å². The maximum Gasteiger partial charge on any atom is 0.255 e. The zero-order chi connectivity index (χ0) is 41.1. The molecular weight excluding hydrogens is 701 g/mol. The molecule has 0 bridgehead atoms. The van der Waals surface area contributed by atoms with Gasteiger partial charge in [0.05, 0.1) is 12.2 Å². The Bertz CT molecular complexity index is 1030. The van der Waals surface area contributed by atoms with Gasteiger partial charge in [0.25, 0.3) is 11.8 Å². The van der Waals surface area contributed by atoms with Gasteiger partial charge in [-0.2, -0.15) is 0 Å². The van der Waals surface area contributed by atoms with Crippen LogP contribution in [0.2, 0.25) is 0 Å². The molecule has 0 heterocycles. The molecule has 5 nitrogen and oxygen atoms in total. The fraction of sp³-hybridized carbons (Fsp3) is 0.846. The minimum Gasteiger partial charge on any atom is -0.493 e. The summed E-state index contributed by atoms with van der Waals surface area (Å²) in [6.07, 6.45) is 49.8. The lowest BCUT2D eigenvalue weighted by molar-refractivity contribution is 0.0937. The zero-order valence-electron chi connectivity index (χ0n) is 38.4. The summed E-state index contributed by atoms with van der Waals surface area (Å²) >= 11 is 0. The lowest BCUT2D eigenvalue weighted by atomic mass is 10.0. The molecule has 5 heteroatoms. The second kappa shape index (κ2) is 42.1. The first-order chi connectivity index (χ1) is 28.1. The van der Waals surface area contributed by atoms with Crippen LogP contribution in [0.3, 0.4) is 0 Å². The molecule has 1 aromatic carbocycles. The highest BCUT2D eigenvalue weighted by Gasteiger charge is 2.16. The van der Waals surface area contributed by atoms with Crippen LogP contribution in [0, 0.1) is 0 Å². The van der Waals surface area contributed by atoms with Crippen molar-refractivity contribution in [2.24, 2.45) is 0 Å². The first-order valence-corrected chi connectivity index (χ1v) is 25.5. The minimum atomic E-state index is -0.100. The number of carbonyl (C=O) groups is 2. The van der Waals surface area contributed by atoms with Crippen LogP contribution in [0.4, 0.5) is 0 Å². The second-order valence-corrected chi connectivity index (χ2v) is 17.4. The van der Waals surface area contributed by atoms with Crippen molar-refractivity contribution in [3.63, 3.8) is 0 Å². The number of hydrogen-bond donors (Lipinski definition) is 2. The summed E-state index contributed by atoms with van der Waals surface area (Å²) in [5.74, 6) is 0.356. The summed E-state index contributed by atoms with van der Waals surface area (Å²) in [6.45, 7) is 8.77. The molecule has 0 atom stereocenters. The van der Waals surface area contributed by atoms with E-state index in [1.807, 2.05) is 0 Å². The van der Waals surface area contributed by atoms with Gasteiger partial charge < -0.3 is 15.4 Å². The smallest absolute Gasteiger partial charge is 0.255 e. The van der Waals surface area contributed by atoms with E-state index in [-0.39, 0.29) is 11.8 Å². The number of nitrogens with one attached hydrogen (secondary N) is 2. The van der Waals surface area contributed by atoms with Crippen LogP contribution in [0.5, 0.6) is 5.75 Å². The standard InChI is InChI=1S/C52H96N2O3/c1-4-7-10-13-16-19-22-23-24-25-26-29-32-35-38-41-46-57-50-47-48(51(55)53-44-39-36-33-30-27-20-17-14-11-8-5-2)42-43-49(50)52(56)54-45-40-37-34-31-28-21-18-15-12-9-6-3/h42-43,47H,4-41,44-46H2,1-3H3,(H,53,55)(H,54,56). The number of unbranched alkanes of at least 4 members (excludes halogenated alkanes) is 35. The third kappa shape index (κ3) is 33.5. The van der Waals surface area contributed by atoms with Gasteiger partial charge in [-0.15, -0.1) is 0 Å². The van der Waals surface area contributed by atoms with Crippen molar-refractivity contribution < 1.29 is 14.3 Å². The maximum atomic E-state index is 13.3. The quantitative estimate of drug-likeness (QED) is 0.0646. The molecule has 2 amide bonds. The van der Waals surface area contributed by atoms with E-state index in [0.29, 0.717) is 36.6 Å². The lowest BCUT2D eigenvalue weighted by Crippen LogP contribution is -2.26. The molecule has 0 aliphatic rings. The summed E-state index contributed by atoms with van der Waals surface area (Å²) < 4.78 is 6.26. The van der Waals surface area contributed by atoms with Crippen molar-refractivity contribution >= 4 is 11.8 Å². The SMILES string of the molecule is CCCCCCCCCCCCCCCCCCOc1cc(C(=O)NCCCCCCCCCCCCC)ccc1C(=O)NCCCCCCCCCCCCC. The van der Waals surface area contributed by atoms with E-state index in [2.05, 4.69) is 31.4 Å². The van der Waals surface area contributed by atoms with Gasteiger partial charge in [0, 0.05) is 18.7 Å². The molecule has 57 heavy (non-hydrogen) atoms. The van der Waals surface area contributed by atoms with E-state index in [9.17, 15) is 9.59 Å². The predicted molar refractivity (Wildman–Crippen MR) is 249 cm³/mol. The van der Waals surface area contributed by atoms with Crippen molar-refractivity contribution in [1.82, 2.24) is 10.6 Å². The average molecular weight is 797 g/mol. The van der Waals surface area contributed by atoms with Crippen molar-refractivity contribution in [3.05, 3.63) is 29.3 Å². The highest BCUT2D eigenvalue weighted by atomic mass is 16.5. The highest BCUT2D eigenvalue weighted by Crippen LogP contribution is 2.22. The highest BCUT2D eigenvalue weighted by molar-refractivity contribution is 6.00. The number of rotatable bonds is 44. The second-order valence-electron chi connectivity index (χ2n) is 17.4. The largest absolute Gasteiger partial charge is 0.493 e. The zero-order valence-corrected chi connectivity index (χ0v) is 38.4. The van der Waals surface area contributed by atoms with Gasteiger partial charge in [-0.05, 0) is 37.5 Å². The molecule has 0 saturated heterocycles. The maximum absolute atomic E-state index is 13.3. The van der Waals surface area contributed by atoms with E-state index in [4.69, 9.17) is 4.74 Å². The minimum absolute atomic E-state index is 0.0812. The van der Waals surface area contributed by atoms with Crippen LogP contribution in [0.25, 0.3) is 0 Å². The molecule has 0 saturated carbocycles. The topological polar surface area (TPSA) is 67.4 Å². The number of carbonyl (C=O) groups excluding carboxylic acids is 2. The Hall–Kier alpha value is -2.04. The van der Waals surface area contributed by atoms with E-state index in [1.54, 1.807) is 18.2 Å². The fourth-order valence-electron chi connectivity index (χ4n) is 7.98. The Morgan fingerprint density at radius 3 is 1.04 bits per heavy atom. The molecule has 0 aromatic heterocycles. The van der Waals surface area contributed by atoms with Crippen LogP contribution in [-0.2, 0) is 0 Å². The summed E-state index contributed by atoms with van der Waals surface area (Å²) in [6, 6.07) is 5.37. The molecule has 0 aliphatic heterocycles. The lowest BCUT2D eigenvalue weighted by Gasteiger charge is -2.14. The van der Waals surface area contributed by atoms with E-state index >= 15 is 0 Å². The van der Waals surface area contributed by atoms with Gasteiger partial charge in [-0.3, -0.25) is 9.59 Å². The molecule has 0 spiro atoms. The Kier molecular flexibility index (Phi) is 39.1. The van der Waals surface area contributed by atoms with Crippen LogP contribution in [0.15, 0.2) is 18.2 Å². The number of benzene rings is 1. The average Bonchev–Trinajstić information content (AvgIpc) is 3.22. The summed E-state index contributed by atoms with van der Waals surface area (Å²) in [5, 5.41) is 6.25. The first-order valence-electron chi connectivity index (χ1n) is 25.5. The van der Waals surface area contributed by atoms with Crippen molar-refractivity contribution in [2.45, 2.75) is 265 Å². The van der Waals surface area contributed by atoms with Crippen molar-refractivity contribution in [2.75, 3.05) is 19.7 Å². The van der Waals surface area contributed by atoms with Gasteiger partial charge in [-0.1, -0.05) is 245 Å². The Morgan fingerprint density at radius 2 is 0.684 bits per heavy atom. The summed E-state index contributed by atoms with van der Waals surface area (Å²) in [7, 11) is 0. The van der Waals surface area contributed by atoms with Crippen LogP contribution < -0.4 is 15.4 Å². The molecule has 0 radical (unpaired) electrons. The predicted octanol–water partition coefficient (Wildman–Crippen LogP) is 16.4. The van der Waals surface area contributed by atoms with E-state index in [0.717, 1.165) is 38.5 Å². The molecule has 1 aromatic rings. The van der Waals surface area contributed by atoms with E-state index < -0.39 is 0 Å². The third-order valence-corrected chi connectivity index (χ3v) is 11.9. The summed E-state index contributed by atoms with van der Waals surface area (Å²) in [4.78, 5) is 26.4. The van der Waals surface area contributed by atoms with Crippen molar-refractivity contribution in [1.29, 1.82) is 0 Å². The molecule has 1 rings (SSSR count). The van der Waals surface area contributed by atoms with Gasteiger partial charge in [0.2, 0.25) is 0 Å².